The molecular weight excluding hydrogens is 358 g/mol. The quantitative estimate of drug-likeness (QED) is 0.532. The second-order valence-corrected chi connectivity index (χ2v) is 5.94. The molecule has 1 saturated heterocycles. The van der Waals surface area contributed by atoms with Crippen molar-refractivity contribution in [2.24, 2.45) is 0 Å². The third kappa shape index (κ3) is 3.06. The molecule has 2 heterocycles. The Morgan fingerprint density at radius 2 is 1.85 bits per heavy atom. The molecule has 26 heavy (non-hydrogen) atoms. The smallest absolute Gasteiger partial charge is 0.336 e. The second kappa shape index (κ2) is 6.89. The minimum atomic E-state index is -1.85. The number of hydrogen-bond acceptors (Lipinski definition) is 8. The minimum Gasteiger partial charge on any atom is -0.456 e. The van der Waals surface area contributed by atoms with Crippen LogP contribution in [-0.4, -0.2) is 57.7 Å². The lowest BCUT2D eigenvalue weighted by Crippen LogP contribution is -2.60. The lowest BCUT2D eigenvalue weighted by molar-refractivity contribution is -0.278. The van der Waals surface area contributed by atoms with Gasteiger partial charge in [0.05, 0.1) is 6.61 Å². The van der Waals surface area contributed by atoms with Gasteiger partial charge in [0.2, 0.25) is 12.1 Å². The summed E-state index contributed by atoms with van der Waals surface area (Å²) in [5, 5.41) is 38.5. The Kier molecular flexibility index (Phi) is 4.95. The molecular formula is C16H16F2O8. The van der Waals surface area contributed by atoms with Crippen molar-refractivity contribution in [1.29, 1.82) is 0 Å². The van der Waals surface area contributed by atoms with E-state index in [-0.39, 0.29) is 10.9 Å². The Hall–Kier alpha value is -2.11. The molecule has 0 radical (unpaired) electrons. The van der Waals surface area contributed by atoms with Crippen molar-refractivity contribution in [3.05, 3.63) is 39.8 Å². The van der Waals surface area contributed by atoms with Gasteiger partial charge < -0.3 is 34.3 Å². The van der Waals surface area contributed by atoms with E-state index in [0.29, 0.717) is 0 Å². The Morgan fingerprint density at radius 3 is 2.50 bits per heavy atom. The Morgan fingerprint density at radius 1 is 1.15 bits per heavy atom. The molecule has 2 aromatic rings. The van der Waals surface area contributed by atoms with Gasteiger partial charge in [-0.2, -0.15) is 4.39 Å². The lowest BCUT2D eigenvalue weighted by atomic mass is 9.99. The van der Waals surface area contributed by atoms with E-state index < -0.39 is 65.9 Å². The van der Waals surface area contributed by atoms with Crippen LogP contribution >= 0.6 is 0 Å². The fourth-order valence-electron chi connectivity index (χ4n) is 2.75. The Labute approximate surface area is 144 Å². The number of aryl methyl sites for hydroxylation is 1. The first kappa shape index (κ1) is 18.7. The molecule has 4 N–H and O–H groups in total. The van der Waals surface area contributed by atoms with Crippen molar-refractivity contribution in [3.8, 4) is 5.75 Å². The summed E-state index contributed by atoms with van der Waals surface area (Å²) in [6.45, 7) is 0.734. The topological polar surface area (TPSA) is 130 Å². The lowest BCUT2D eigenvalue weighted by Gasteiger charge is -2.39. The molecule has 5 unspecified atom stereocenters. The molecule has 1 fully saturated rings. The van der Waals surface area contributed by atoms with Gasteiger partial charge in [0.25, 0.3) is 0 Å². The maximum atomic E-state index is 14.6. The highest BCUT2D eigenvalue weighted by atomic mass is 19.1. The summed E-state index contributed by atoms with van der Waals surface area (Å²) in [6, 6.07) is 1.95. The Bertz CT molecular complexity index is 881. The molecule has 142 valence electrons. The zero-order valence-corrected chi connectivity index (χ0v) is 13.4. The normalized spacial score (nSPS) is 29.1. The van der Waals surface area contributed by atoms with E-state index in [9.17, 15) is 28.9 Å². The highest BCUT2D eigenvalue weighted by molar-refractivity contribution is 5.82. The van der Waals surface area contributed by atoms with E-state index in [1.165, 1.54) is 6.92 Å². The van der Waals surface area contributed by atoms with Gasteiger partial charge >= 0.3 is 5.63 Å². The van der Waals surface area contributed by atoms with Gasteiger partial charge in [0.1, 0.15) is 24.4 Å². The van der Waals surface area contributed by atoms with Crippen LogP contribution in [-0.2, 0) is 4.74 Å². The van der Waals surface area contributed by atoms with Gasteiger partial charge in [-0.25, -0.2) is 9.18 Å². The maximum Gasteiger partial charge on any atom is 0.336 e. The summed E-state index contributed by atoms with van der Waals surface area (Å²) in [4.78, 5) is 11.4. The van der Waals surface area contributed by atoms with Crippen LogP contribution in [0.1, 0.15) is 5.56 Å². The first-order valence-electron chi connectivity index (χ1n) is 7.64. The van der Waals surface area contributed by atoms with Crippen LogP contribution in [0.25, 0.3) is 11.0 Å². The average molecular weight is 374 g/mol. The van der Waals surface area contributed by atoms with Crippen LogP contribution in [0.4, 0.5) is 8.78 Å². The highest BCUT2D eigenvalue weighted by Gasteiger charge is 2.45. The molecule has 0 bridgehead atoms. The molecule has 1 aromatic heterocycles. The number of rotatable bonds is 3. The summed E-state index contributed by atoms with van der Waals surface area (Å²) >= 11 is 0. The fraction of sp³-hybridized carbons (Fsp3) is 0.438. The van der Waals surface area contributed by atoms with Gasteiger partial charge in [-0.05, 0) is 18.6 Å². The van der Waals surface area contributed by atoms with Crippen LogP contribution < -0.4 is 10.4 Å². The summed E-state index contributed by atoms with van der Waals surface area (Å²) in [7, 11) is 0. The number of aliphatic hydroxyl groups is 4. The van der Waals surface area contributed by atoms with E-state index in [1.807, 2.05) is 0 Å². The third-order valence-electron chi connectivity index (χ3n) is 4.18. The van der Waals surface area contributed by atoms with E-state index in [2.05, 4.69) is 0 Å². The van der Waals surface area contributed by atoms with Crippen molar-refractivity contribution >= 4 is 11.0 Å². The Balaban J connectivity index is 2.02. The van der Waals surface area contributed by atoms with Gasteiger partial charge in [-0.1, -0.05) is 0 Å². The van der Waals surface area contributed by atoms with Crippen LogP contribution in [0.5, 0.6) is 5.75 Å². The van der Waals surface area contributed by atoms with Crippen molar-refractivity contribution in [1.82, 2.24) is 0 Å². The average Bonchev–Trinajstić information content (AvgIpc) is 2.59. The zero-order chi connectivity index (χ0) is 19.2. The molecule has 0 spiro atoms. The van der Waals surface area contributed by atoms with Crippen molar-refractivity contribution in [2.75, 3.05) is 6.61 Å². The number of benzene rings is 1. The standard InChI is InChI=1S/C16H16F2O8/c1-5-2-9(20)25-14-6(5)3-7(17)15(10(14)18)26-16-13(23)12(22)11(21)8(4-19)24-16/h2-3,8,11-13,16,19,21-23H,4H2,1H3. The SMILES string of the molecule is Cc1cc(=O)oc2c(F)c(OC3OC(CO)C(O)C(O)C3O)c(F)cc12. The van der Waals surface area contributed by atoms with Gasteiger partial charge in [0, 0.05) is 11.5 Å². The molecule has 5 atom stereocenters. The molecule has 8 nitrogen and oxygen atoms in total. The van der Waals surface area contributed by atoms with E-state index in [0.717, 1.165) is 12.1 Å². The maximum absolute atomic E-state index is 14.6. The summed E-state index contributed by atoms with van der Waals surface area (Å²) in [5.74, 6) is -3.50. The molecule has 3 rings (SSSR count). The number of fused-ring (bicyclic) bond motifs is 1. The number of ether oxygens (including phenoxy) is 2. The number of halogens is 2. The predicted octanol–water partition coefficient (Wildman–Crippen LogP) is -0.442. The predicted molar refractivity (Wildman–Crippen MR) is 81.5 cm³/mol. The van der Waals surface area contributed by atoms with Crippen LogP contribution in [0.2, 0.25) is 0 Å². The largest absolute Gasteiger partial charge is 0.456 e. The second-order valence-electron chi connectivity index (χ2n) is 5.94. The van der Waals surface area contributed by atoms with Crippen LogP contribution in [0, 0.1) is 18.6 Å². The van der Waals surface area contributed by atoms with Gasteiger partial charge in [0.15, 0.2) is 17.1 Å². The molecule has 0 amide bonds. The van der Waals surface area contributed by atoms with Gasteiger partial charge in [-0.15, -0.1) is 0 Å². The first-order chi connectivity index (χ1) is 12.2. The summed E-state index contributed by atoms with van der Waals surface area (Å²) in [5.41, 5.74) is -1.11. The molecule has 0 aliphatic carbocycles. The van der Waals surface area contributed by atoms with E-state index in [1.54, 1.807) is 0 Å². The van der Waals surface area contributed by atoms with E-state index in [4.69, 9.17) is 19.0 Å². The summed E-state index contributed by atoms with van der Waals surface area (Å²) in [6.07, 6.45) is -8.39. The molecule has 10 heteroatoms. The third-order valence-corrected chi connectivity index (χ3v) is 4.18. The van der Waals surface area contributed by atoms with E-state index >= 15 is 0 Å². The molecule has 1 aromatic carbocycles. The van der Waals surface area contributed by atoms with Crippen molar-refractivity contribution in [2.45, 2.75) is 37.6 Å². The zero-order valence-electron chi connectivity index (χ0n) is 13.4. The number of aliphatic hydroxyl groups excluding tert-OH is 4. The fourth-order valence-corrected chi connectivity index (χ4v) is 2.75. The summed E-state index contributed by atoms with van der Waals surface area (Å²) < 4.78 is 43.7. The highest BCUT2D eigenvalue weighted by Crippen LogP contribution is 2.33. The molecule has 1 aliphatic heterocycles. The van der Waals surface area contributed by atoms with Crippen molar-refractivity contribution < 1.29 is 43.1 Å². The molecule has 0 saturated carbocycles. The minimum absolute atomic E-state index is 0.0146. The van der Waals surface area contributed by atoms with Gasteiger partial charge in [-0.3, -0.25) is 0 Å². The number of hydrogen-bond donors (Lipinski definition) is 4. The first-order valence-corrected chi connectivity index (χ1v) is 7.64. The monoisotopic (exact) mass is 374 g/mol. The van der Waals surface area contributed by atoms with Crippen LogP contribution in [0.3, 0.4) is 0 Å². The molecule has 1 aliphatic rings. The van der Waals surface area contributed by atoms with Crippen LogP contribution in [0.15, 0.2) is 21.3 Å². The van der Waals surface area contributed by atoms with Crippen molar-refractivity contribution in [3.63, 3.8) is 0 Å².